The van der Waals surface area contributed by atoms with Crippen LogP contribution in [0.3, 0.4) is 0 Å². The third-order valence-electron chi connectivity index (χ3n) is 11.6. The normalized spacial score (nSPS) is 12.4. The van der Waals surface area contributed by atoms with Crippen molar-refractivity contribution in [3.63, 3.8) is 0 Å². The molecule has 360 valence electrons. The van der Waals surface area contributed by atoms with Crippen LogP contribution in [-0.4, -0.2) is 37.2 Å². The fraction of sp³-hybridized carbons (Fsp3) is 0.804. The summed E-state index contributed by atoms with van der Waals surface area (Å²) in [6, 6.07) is 0. The van der Waals surface area contributed by atoms with Gasteiger partial charge in [0.25, 0.3) is 0 Å². The van der Waals surface area contributed by atoms with E-state index in [-0.39, 0.29) is 31.1 Å². The van der Waals surface area contributed by atoms with Gasteiger partial charge >= 0.3 is 17.9 Å². The van der Waals surface area contributed by atoms with Crippen LogP contribution >= 0.6 is 0 Å². The highest BCUT2D eigenvalue weighted by atomic mass is 16.6. The van der Waals surface area contributed by atoms with Gasteiger partial charge in [0, 0.05) is 19.3 Å². The monoisotopic (exact) mass is 869 g/mol. The average Bonchev–Trinajstić information content (AvgIpc) is 3.27. The first-order valence-corrected chi connectivity index (χ1v) is 26.6. The zero-order valence-electron chi connectivity index (χ0n) is 41.1. The zero-order chi connectivity index (χ0) is 45.1. The van der Waals surface area contributed by atoms with E-state index in [0.29, 0.717) is 19.3 Å². The third-order valence-corrected chi connectivity index (χ3v) is 11.6. The quantitative estimate of drug-likeness (QED) is 0.0262. The Morgan fingerprint density at radius 1 is 0.339 bits per heavy atom. The minimum Gasteiger partial charge on any atom is -0.462 e. The van der Waals surface area contributed by atoms with E-state index in [1.807, 2.05) is 0 Å². The van der Waals surface area contributed by atoms with Crippen LogP contribution in [0.2, 0.25) is 0 Å². The topological polar surface area (TPSA) is 78.9 Å². The average molecular weight is 869 g/mol. The summed E-state index contributed by atoms with van der Waals surface area (Å²) >= 11 is 0. The van der Waals surface area contributed by atoms with Crippen LogP contribution in [0, 0.1) is 0 Å². The fourth-order valence-corrected chi connectivity index (χ4v) is 7.61. The van der Waals surface area contributed by atoms with Crippen molar-refractivity contribution in [2.24, 2.45) is 0 Å². The zero-order valence-corrected chi connectivity index (χ0v) is 41.1. The van der Waals surface area contributed by atoms with E-state index >= 15 is 0 Å². The molecule has 0 aromatic carbocycles. The lowest BCUT2D eigenvalue weighted by Crippen LogP contribution is -2.30. The van der Waals surface area contributed by atoms with Crippen molar-refractivity contribution >= 4 is 17.9 Å². The Hall–Kier alpha value is -2.63. The summed E-state index contributed by atoms with van der Waals surface area (Å²) in [4.78, 5) is 37.7. The van der Waals surface area contributed by atoms with Gasteiger partial charge in [-0.05, 0) is 57.8 Å². The van der Waals surface area contributed by atoms with Crippen LogP contribution in [0.15, 0.2) is 48.6 Å². The molecule has 0 heterocycles. The highest BCUT2D eigenvalue weighted by molar-refractivity contribution is 5.71. The maximum absolute atomic E-state index is 12.7. The molecule has 0 aliphatic rings. The molecular weight excluding hydrogens is 769 g/mol. The summed E-state index contributed by atoms with van der Waals surface area (Å²) in [6.07, 6.45) is 61.4. The smallest absolute Gasteiger partial charge is 0.306 e. The van der Waals surface area contributed by atoms with Gasteiger partial charge in [0.2, 0.25) is 0 Å². The number of carbonyl (C=O) groups excluding carboxylic acids is 3. The summed E-state index contributed by atoms with van der Waals surface area (Å²) in [5, 5.41) is 0. The van der Waals surface area contributed by atoms with Crippen molar-refractivity contribution in [3.05, 3.63) is 48.6 Å². The minimum atomic E-state index is -0.766. The maximum Gasteiger partial charge on any atom is 0.306 e. The first-order chi connectivity index (χ1) is 30.5. The molecule has 0 aliphatic heterocycles. The first-order valence-electron chi connectivity index (χ1n) is 26.6. The van der Waals surface area contributed by atoms with Crippen LogP contribution in [0.4, 0.5) is 0 Å². The Morgan fingerprint density at radius 3 is 0.984 bits per heavy atom. The van der Waals surface area contributed by atoms with Gasteiger partial charge in [-0.15, -0.1) is 0 Å². The van der Waals surface area contributed by atoms with E-state index in [1.54, 1.807) is 0 Å². The van der Waals surface area contributed by atoms with Crippen molar-refractivity contribution in [3.8, 4) is 0 Å². The summed E-state index contributed by atoms with van der Waals surface area (Å²) < 4.78 is 16.7. The van der Waals surface area contributed by atoms with Gasteiger partial charge in [-0.25, -0.2) is 0 Å². The van der Waals surface area contributed by atoms with E-state index in [9.17, 15) is 14.4 Å². The molecule has 0 aromatic heterocycles. The van der Waals surface area contributed by atoms with Crippen LogP contribution in [0.1, 0.15) is 271 Å². The number of hydrogen-bond donors (Lipinski definition) is 0. The number of esters is 3. The van der Waals surface area contributed by atoms with E-state index < -0.39 is 6.10 Å². The van der Waals surface area contributed by atoms with Gasteiger partial charge < -0.3 is 14.2 Å². The standard InChI is InChI=1S/C56H100O6/c1-4-7-10-13-15-17-19-21-23-24-25-26-27-28-29-30-31-32-33-35-36-38-40-43-46-49-55(58)61-52-53(51-60-54(57)48-45-42-12-9-6-3)62-56(59)50-47-44-41-39-37-34-22-20-18-16-14-11-8-5-2/h7,10,15,17,21,23,25-26,53H,4-6,8-9,11-14,16,18-20,22,24,27-52H2,1-3H3/b10-7-,17-15-,23-21-,26-25-. The van der Waals surface area contributed by atoms with Crippen molar-refractivity contribution < 1.29 is 28.6 Å². The molecule has 0 radical (unpaired) electrons. The Kier molecular flexibility index (Phi) is 48.8. The lowest BCUT2D eigenvalue weighted by molar-refractivity contribution is -0.167. The number of ether oxygens (including phenoxy) is 3. The van der Waals surface area contributed by atoms with Crippen molar-refractivity contribution in [2.45, 2.75) is 277 Å². The summed E-state index contributed by atoms with van der Waals surface area (Å²) in [5.74, 6) is -0.877. The van der Waals surface area contributed by atoms with E-state index in [2.05, 4.69) is 69.4 Å². The fourth-order valence-electron chi connectivity index (χ4n) is 7.61. The minimum absolute atomic E-state index is 0.0710. The Bertz CT molecular complexity index is 1090. The molecule has 0 N–H and O–H groups in total. The molecule has 6 heteroatoms. The SMILES string of the molecule is CC/C=C\C/C=C\C/C=C\C/C=C\CCCCCCCCCCCCCCC(=O)OCC(COC(=O)CCCCCCC)OC(=O)CCCCCCCCCCCCCCCC. The van der Waals surface area contributed by atoms with Gasteiger partial charge in [0.15, 0.2) is 6.10 Å². The van der Waals surface area contributed by atoms with Crippen LogP contribution in [0.5, 0.6) is 0 Å². The third kappa shape index (κ3) is 48.4. The molecule has 0 rings (SSSR count). The molecule has 62 heavy (non-hydrogen) atoms. The predicted octanol–water partition coefficient (Wildman–Crippen LogP) is 17.5. The van der Waals surface area contributed by atoms with Crippen molar-refractivity contribution in [1.82, 2.24) is 0 Å². The molecule has 0 saturated carbocycles. The maximum atomic E-state index is 12.7. The number of unbranched alkanes of at least 4 members (excludes halogenated alkanes) is 29. The molecule has 0 aromatic rings. The van der Waals surface area contributed by atoms with Crippen molar-refractivity contribution in [1.29, 1.82) is 0 Å². The Balaban J connectivity index is 4.05. The Morgan fingerprint density at radius 2 is 0.629 bits per heavy atom. The van der Waals surface area contributed by atoms with Crippen LogP contribution in [-0.2, 0) is 28.6 Å². The molecule has 0 bridgehead atoms. The van der Waals surface area contributed by atoms with E-state index in [1.165, 1.54) is 141 Å². The molecule has 0 spiro atoms. The number of rotatable bonds is 48. The molecule has 0 aliphatic carbocycles. The summed E-state index contributed by atoms with van der Waals surface area (Å²) in [6.45, 7) is 6.46. The molecular formula is C56H100O6. The number of carbonyl (C=O) groups is 3. The summed E-state index contributed by atoms with van der Waals surface area (Å²) in [7, 11) is 0. The van der Waals surface area contributed by atoms with Gasteiger partial charge in [-0.3, -0.25) is 14.4 Å². The molecule has 6 nitrogen and oxygen atoms in total. The second kappa shape index (κ2) is 51.0. The largest absolute Gasteiger partial charge is 0.462 e. The predicted molar refractivity (Wildman–Crippen MR) is 265 cm³/mol. The second-order valence-corrected chi connectivity index (χ2v) is 17.8. The molecule has 0 amide bonds. The second-order valence-electron chi connectivity index (χ2n) is 17.8. The highest BCUT2D eigenvalue weighted by Crippen LogP contribution is 2.16. The molecule has 0 fully saturated rings. The molecule has 0 saturated heterocycles. The lowest BCUT2D eigenvalue weighted by atomic mass is 10.0. The van der Waals surface area contributed by atoms with E-state index in [0.717, 1.165) is 89.9 Å². The Labute approximate surface area is 384 Å². The molecule has 1 atom stereocenters. The van der Waals surface area contributed by atoms with Gasteiger partial charge in [0.1, 0.15) is 13.2 Å². The number of allylic oxidation sites excluding steroid dienone is 8. The number of hydrogen-bond acceptors (Lipinski definition) is 6. The van der Waals surface area contributed by atoms with Crippen LogP contribution in [0.25, 0.3) is 0 Å². The van der Waals surface area contributed by atoms with Gasteiger partial charge in [0.05, 0.1) is 0 Å². The molecule has 1 unspecified atom stereocenters. The van der Waals surface area contributed by atoms with Crippen molar-refractivity contribution in [2.75, 3.05) is 13.2 Å². The highest BCUT2D eigenvalue weighted by Gasteiger charge is 2.19. The first kappa shape index (κ1) is 59.4. The lowest BCUT2D eigenvalue weighted by Gasteiger charge is -2.18. The summed E-state index contributed by atoms with van der Waals surface area (Å²) in [5.41, 5.74) is 0. The van der Waals surface area contributed by atoms with Gasteiger partial charge in [-0.1, -0.05) is 243 Å². The van der Waals surface area contributed by atoms with Crippen LogP contribution < -0.4 is 0 Å². The van der Waals surface area contributed by atoms with Gasteiger partial charge in [-0.2, -0.15) is 0 Å². The van der Waals surface area contributed by atoms with E-state index in [4.69, 9.17) is 14.2 Å².